The largest absolute Gasteiger partial charge is 0.146 e. The average Bonchev–Trinajstić information content (AvgIpc) is 3.79. The van der Waals surface area contributed by atoms with Crippen LogP contribution in [0.3, 0.4) is 0 Å². The molecule has 5 aromatic carbocycles. The smallest absolute Gasteiger partial charge is 0.134 e. The molecule has 2 aliphatic carbocycles. The lowest BCUT2D eigenvalue weighted by molar-refractivity contribution is 0.838. The van der Waals surface area contributed by atoms with E-state index in [4.69, 9.17) is 0 Å². The molecule has 0 unspecified atom stereocenters. The first-order valence-electron chi connectivity index (χ1n) is 17.5. The molecule has 0 amide bonds. The fraction of sp³-hybridized carbons (Fsp3) is 0.217. The molecular formula is C46H38S2Si. The van der Waals surface area contributed by atoms with E-state index in [0.29, 0.717) is 16.6 Å². The van der Waals surface area contributed by atoms with E-state index in [0.717, 1.165) is 5.57 Å². The minimum atomic E-state index is -1.97. The normalized spacial score (nSPS) is 13.3. The van der Waals surface area contributed by atoms with Gasteiger partial charge in [0, 0.05) is 73.8 Å². The van der Waals surface area contributed by atoms with E-state index in [-0.39, 0.29) is 0 Å². The summed E-state index contributed by atoms with van der Waals surface area (Å²) in [6.07, 6.45) is 0. The topological polar surface area (TPSA) is 0 Å². The van der Waals surface area contributed by atoms with Crippen LogP contribution in [0.2, 0.25) is 16.6 Å². The van der Waals surface area contributed by atoms with Gasteiger partial charge in [0.25, 0.3) is 0 Å². The summed E-state index contributed by atoms with van der Waals surface area (Å²) in [5.41, 5.74) is 13.5. The van der Waals surface area contributed by atoms with Gasteiger partial charge in [-0.25, -0.2) is 0 Å². The molecular weight excluding hydrogens is 645 g/mol. The molecule has 9 rings (SSSR count). The molecule has 0 nitrogen and oxygen atoms in total. The second kappa shape index (κ2) is 11.1. The highest BCUT2D eigenvalue weighted by Crippen LogP contribution is 2.49. The molecule has 2 aromatic heterocycles. The van der Waals surface area contributed by atoms with E-state index in [1.807, 2.05) is 29.6 Å². The van der Waals surface area contributed by atoms with E-state index in [9.17, 15) is 0 Å². The summed E-state index contributed by atoms with van der Waals surface area (Å²) in [4.78, 5) is 2.70. The lowest BCUT2D eigenvalue weighted by Crippen LogP contribution is -2.43. The first-order chi connectivity index (χ1) is 23.7. The first-order valence-corrected chi connectivity index (χ1v) is 21.4. The van der Waals surface area contributed by atoms with Crippen molar-refractivity contribution in [1.29, 1.82) is 0 Å². The number of hydrogen-bond acceptors (Lipinski definition) is 2. The van der Waals surface area contributed by atoms with Crippen molar-refractivity contribution in [3.05, 3.63) is 106 Å². The Kier molecular flexibility index (Phi) is 6.92. The van der Waals surface area contributed by atoms with Crippen molar-refractivity contribution in [2.75, 3.05) is 0 Å². The molecule has 0 saturated carbocycles. The van der Waals surface area contributed by atoms with E-state index in [2.05, 4.69) is 150 Å². The molecule has 0 fully saturated rings. The number of benzene rings is 5. The van der Waals surface area contributed by atoms with Gasteiger partial charge in [-0.05, 0) is 81.5 Å². The first kappa shape index (κ1) is 30.7. The zero-order chi connectivity index (χ0) is 33.8. The van der Waals surface area contributed by atoms with Gasteiger partial charge in [-0.15, -0.1) is 34.1 Å². The molecule has 0 atom stereocenters. The highest BCUT2D eigenvalue weighted by Gasteiger charge is 2.42. The van der Waals surface area contributed by atoms with E-state index < -0.39 is 8.07 Å². The average molecular weight is 683 g/mol. The Hall–Kier alpha value is -4.38. The number of fused-ring (bicyclic) bond motifs is 12. The molecule has 0 saturated heterocycles. The molecule has 0 spiro atoms. The lowest BCUT2D eigenvalue weighted by Gasteiger charge is -2.38. The van der Waals surface area contributed by atoms with E-state index in [1.54, 1.807) is 0 Å². The van der Waals surface area contributed by atoms with Crippen molar-refractivity contribution < 1.29 is 0 Å². The summed E-state index contributed by atoms with van der Waals surface area (Å²) in [5.74, 6) is 10.9. The Bertz CT molecular complexity index is 2810. The second-order valence-electron chi connectivity index (χ2n) is 14.7. The van der Waals surface area contributed by atoms with Crippen molar-refractivity contribution in [2.24, 2.45) is 0 Å². The highest BCUT2D eigenvalue weighted by molar-refractivity contribution is 7.23. The maximum atomic E-state index is 4.13. The van der Waals surface area contributed by atoms with Gasteiger partial charge in [0.05, 0.1) is 0 Å². The Morgan fingerprint density at radius 3 is 1.35 bits per heavy atom. The summed E-state index contributed by atoms with van der Waals surface area (Å²) in [6.45, 7) is 16.4. The van der Waals surface area contributed by atoms with Crippen molar-refractivity contribution in [2.45, 2.75) is 65.1 Å². The van der Waals surface area contributed by atoms with Crippen LogP contribution >= 0.6 is 22.7 Å². The molecule has 238 valence electrons. The van der Waals surface area contributed by atoms with Gasteiger partial charge in [-0.2, -0.15) is 0 Å². The molecule has 0 bridgehead atoms. The molecule has 49 heavy (non-hydrogen) atoms. The maximum Gasteiger partial charge on any atom is 0.146 e. The summed E-state index contributed by atoms with van der Waals surface area (Å²) in [7, 11) is -1.97. The molecule has 0 aliphatic heterocycles. The minimum absolute atomic E-state index is 0.575. The quantitative estimate of drug-likeness (QED) is 0.129. The van der Waals surface area contributed by atoms with Gasteiger partial charge >= 0.3 is 0 Å². The zero-order valence-electron chi connectivity index (χ0n) is 29.1. The summed E-state index contributed by atoms with van der Waals surface area (Å²) >= 11 is 3.84. The van der Waals surface area contributed by atoms with Crippen LogP contribution in [0.15, 0.2) is 84.9 Å². The summed E-state index contributed by atoms with van der Waals surface area (Å²) in [5, 5.41) is 10.3. The number of hydrogen-bond donors (Lipinski definition) is 0. The third kappa shape index (κ3) is 4.30. The highest BCUT2D eigenvalue weighted by atomic mass is 32.1. The van der Waals surface area contributed by atoms with Crippen LogP contribution in [0.4, 0.5) is 0 Å². The summed E-state index contributed by atoms with van der Waals surface area (Å²) < 4.78 is 2.66. The predicted molar refractivity (Wildman–Crippen MR) is 220 cm³/mol. The third-order valence-electron chi connectivity index (χ3n) is 11.3. The zero-order valence-corrected chi connectivity index (χ0v) is 31.8. The Morgan fingerprint density at radius 2 is 0.939 bits per heavy atom. The Morgan fingerprint density at radius 1 is 0.531 bits per heavy atom. The SMILES string of the molecule is CC#CC1=c2cc3c(cc2-c2sc4cc5ccccc5cc4c21)=C(C#C[Si](C(C)C)(C(C)C)C(C)C)c1c-3sc2cc3ccccc3cc12. The van der Waals surface area contributed by atoms with Crippen LogP contribution in [0, 0.1) is 23.3 Å². The minimum Gasteiger partial charge on any atom is -0.134 e. The predicted octanol–water partition coefficient (Wildman–Crippen LogP) is 12.0. The Labute approximate surface area is 297 Å². The third-order valence-corrected chi connectivity index (χ3v) is 20.0. The number of thiophene rings is 2. The van der Waals surface area contributed by atoms with Crippen LogP contribution in [-0.2, 0) is 0 Å². The van der Waals surface area contributed by atoms with E-state index in [1.165, 1.54) is 89.7 Å². The standard InChI is InChI=1S/C46H38S2Si/c1-8-13-33-35-24-38-36(25-37(35)45-43(33)39-20-29-14-9-11-16-31(29)22-41(39)47-45)34(18-19-49(26(2)3,27(4)5)28(6)7)44-40-21-30-15-10-12-17-32(30)23-42(40)48-46(38)44/h9-12,14-17,20-28H,1-7H3. The molecule has 0 radical (unpaired) electrons. The summed E-state index contributed by atoms with van der Waals surface area (Å²) in [6, 6.07) is 32.0. The van der Waals surface area contributed by atoms with Gasteiger partial charge in [0.2, 0.25) is 0 Å². The van der Waals surface area contributed by atoms with Gasteiger partial charge < -0.3 is 0 Å². The maximum absolute atomic E-state index is 4.13. The molecule has 2 heterocycles. The molecule has 0 N–H and O–H groups in total. The number of rotatable bonds is 3. The van der Waals surface area contributed by atoms with Crippen molar-refractivity contribution in [3.63, 3.8) is 0 Å². The van der Waals surface area contributed by atoms with Crippen LogP contribution in [0.1, 0.15) is 59.6 Å². The van der Waals surface area contributed by atoms with Crippen molar-refractivity contribution in [3.8, 4) is 44.2 Å². The van der Waals surface area contributed by atoms with Gasteiger partial charge in [0.1, 0.15) is 8.07 Å². The van der Waals surface area contributed by atoms with Gasteiger partial charge in [0.15, 0.2) is 0 Å². The van der Waals surface area contributed by atoms with Crippen LogP contribution in [0.25, 0.3) is 73.7 Å². The van der Waals surface area contributed by atoms with Crippen molar-refractivity contribution >= 4 is 83.6 Å². The second-order valence-corrected chi connectivity index (χ2v) is 22.4. The van der Waals surface area contributed by atoms with Gasteiger partial charge in [-0.1, -0.05) is 102 Å². The van der Waals surface area contributed by atoms with Crippen LogP contribution in [-0.4, -0.2) is 8.07 Å². The fourth-order valence-corrected chi connectivity index (χ4v) is 16.8. The fourth-order valence-electron chi connectivity index (χ4n) is 9.09. The molecule has 2 aliphatic rings. The van der Waals surface area contributed by atoms with Crippen LogP contribution < -0.4 is 10.4 Å². The Balaban J connectivity index is 1.40. The van der Waals surface area contributed by atoms with Crippen LogP contribution in [0.5, 0.6) is 0 Å². The lowest BCUT2D eigenvalue weighted by atomic mass is 10.0. The van der Waals surface area contributed by atoms with Gasteiger partial charge in [-0.3, -0.25) is 0 Å². The monoisotopic (exact) mass is 682 g/mol. The van der Waals surface area contributed by atoms with E-state index >= 15 is 0 Å². The molecule has 7 aromatic rings. The molecule has 3 heteroatoms. The van der Waals surface area contributed by atoms with Crippen molar-refractivity contribution in [1.82, 2.24) is 0 Å².